The fourth-order valence-electron chi connectivity index (χ4n) is 0. The molecule has 0 saturated heterocycles. The minimum absolute atomic E-state index is 0. The first-order valence-electron chi connectivity index (χ1n) is 0.789. The molecule has 0 bridgehead atoms. The zero-order chi connectivity index (χ0) is 2.71. The molecule has 0 aliphatic carbocycles. The summed E-state index contributed by atoms with van der Waals surface area (Å²) in [6.45, 7) is 1.65. The monoisotopic (exact) mass is 60.0 g/mol. The summed E-state index contributed by atoms with van der Waals surface area (Å²) < 4.78 is 0. The zero-order valence-corrected chi connectivity index (χ0v) is 2.49. The van der Waals surface area contributed by atoms with Crippen molar-refractivity contribution in [1.82, 2.24) is 0 Å². The maximum absolute atomic E-state index is 4.60. The van der Waals surface area contributed by atoms with Crippen LogP contribution in [0.3, 0.4) is 0 Å². The molecule has 0 aliphatic heterocycles. The number of hydrogen-bond acceptors (Lipinski definition) is 0. The van der Waals surface area contributed by atoms with E-state index >= 15 is 0 Å². The van der Waals surface area contributed by atoms with Crippen molar-refractivity contribution < 1.29 is 4.70 Å². The number of terminal acetylenes is 1. The molecular formula is C3H5F. The summed E-state index contributed by atoms with van der Waals surface area (Å²) in [5.74, 6) is 2.25. The normalized spacial score (nSPS) is 2.00. The Labute approximate surface area is 25.2 Å². The van der Waals surface area contributed by atoms with E-state index in [4.69, 9.17) is 0 Å². The van der Waals surface area contributed by atoms with E-state index < -0.39 is 0 Å². The molecule has 0 amide bonds. The third kappa shape index (κ3) is 1.38. The largest absolute Gasteiger partial charge is 0.269 e. The lowest BCUT2D eigenvalue weighted by molar-refractivity contribution is 1.11. The molecule has 0 unspecified atom stereocenters. The molecule has 0 heterocycles. The van der Waals surface area contributed by atoms with E-state index in [-0.39, 0.29) is 4.70 Å². The Bertz CT molecular complexity index is 24.8. The van der Waals surface area contributed by atoms with Crippen molar-refractivity contribution in [1.29, 1.82) is 0 Å². The van der Waals surface area contributed by atoms with Crippen LogP contribution in [0.2, 0.25) is 0 Å². The van der Waals surface area contributed by atoms with Crippen LogP contribution in [0.1, 0.15) is 6.92 Å². The predicted molar refractivity (Wildman–Crippen MR) is 17.0 cm³/mol. The minimum atomic E-state index is 0. The Morgan fingerprint density at radius 2 is 1.75 bits per heavy atom. The van der Waals surface area contributed by atoms with E-state index in [1.807, 2.05) is 0 Å². The van der Waals surface area contributed by atoms with Crippen molar-refractivity contribution in [2.24, 2.45) is 0 Å². The van der Waals surface area contributed by atoms with Crippen molar-refractivity contribution in [3.05, 3.63) is 0 Å². The third-order valence-electron chi connectivity index (χ3n) is 0. The average molecular weight is 60.1 g/mol. The zero-order valence-electron chi connectivity index (χ0n) is 2.49. The lowest BCUT2D eigenvalue weighted by Gasteiger charge is -1.23. The molecule has 0 saturated carbocycles. The van der Waals surface area contributed by atoms with Gasteiger partial charge in [-0.15, -0.1) is 12.3 Å². The molecule has 0 rings (SSSR count). The second-order valence-corrected chi connectivity index (χ2v) is 0.289. The van der Waals surface area contributed by atoms with Gasteiger partial charge in [0.25, 0.3) is 0 Å². The Morgan fingerprint density at radius 3 is 1.75 bits per heavy atom. The van der Waals surface area contributed by atoms with Crippen molar-refractivity contribution >= 4 is 0 Å². The summed E-state index contributed by atoms with van der Waals surface area (Å²) in [5.41, 5.74) is 0. The molecule has 0 aromatic carbocycles. The fraction of sp³-hybridized carbons (Fsp3) is 0.333. The van der Waals surface area contributed by atoms with Gasteiger partial charge in [0, 0.05) is 0 Å². The number of rotatable bonds is 0. The summed E-state index contributed by atoms with van der Waals surface area (Å²) >= 11 is 0. The maximum atomic E-state index is 4.60. The molecule has 0 radical (unpaired) electrons. The van der Waals surface area contributed by atoms with E-state index in [0.717, 1.165) is 0 Å². The highest BCUT2D eigenvalue weighted by Gasteiger charge is 1.09. The van der Waals surface area contributed by atoms with E-state index in [1.165, 1.54) is 0 Å². The van der Waals surface area contributed by atoms with Crippen LogP contribution < -0.4 is 0 Å². The Kier molecular flexibility index (Phi) is 56.1. The van der Waals surface area contributed by atoms with Gasteiger partial charge in [-0.1, -0.05) is 0 Å². The first-order chi connectivity index (χ1) is 1.41. The van der Waals surface area contributed by atoms with E-state index in [9.17, 15) is 0 Å². The van der Waals surface area contributed by atoms with Crippen LogP contribution in [0.15, 0.2) is 0 Å². The second kappa shape index (κ2) is 23.0. The molecule has 0 aliphatic rings. The van der Waals surface area contributed by atoms with E-state index in [2.05, 4.69) is 12.3 Å². The minimum Gasteiger partial charge on any atom is -0.269 e. The third-order valence-corrected chi connectivity index (χ3v) is 0. The number of hydrogen-bond donors (Lipinski definition) is 0. The first kappa shape index (κ1) is 9.75. The van der Waals surface area contributed by atoms with Gasteiger partial charge in [0.15, 0.2) is 0 Å². The Morgan fingerprint density at radius 1 is 1.75 bits per heavy atom. The molecule has 1 heteroatoms. The fourth-order valence-corrected chi connectivity index (χ4v) is 0. The maximum Gasteiger partial charge on any atom is -0.00297 e. The summed E-state index contributed by atoms with van der Waals surface area (Å²) in [7, 11) is 0. The summed E-state index contributed by atoms with van der Waals surface area (Å²) in [4.78, 5) is 0. The van der Waals surface area contributed by atoms with Crippen molar-refractivity contribution in [3.63, 3.8) is 0 Å². The molecule has 0 spiro atoms. The van der Waals surface area contributed by atoms with Crippen molar-refractivity contribution in [2.75, 3.05) is 0 Å². The van der Waals surface area contributed by atoms with Crippen LogP contribution in [0.4, 0.5) is 4.70 Å². The van der Waals surface area contributed by atoms with E-state index in [1.54, 1.807) is 6.92 Å². The molecule has 0 aromatic heterocycles. The standard InChI is InChI=1S/C3H4.FH/c1-3-2;/h1H,2H3;1H. The Balaban J connectivity index is 0. The van der Waals surface area contributed by atoms with Gasteiger partial charge in [-0.05, 0) is 6.92 Å². The van der Waals surface area contributed by atoms with Crippen molar-refractivity contribution in [3.8, 4) is 12.3 Å². The van der Waals surface area contributed by atoms with Gasteiger partial charge in [-0.2, -0.15) is 0 Å². The molecule has 0 nitrogen and oxygen atoms in total. The molecule has 0 fully saturated rings. The van der Waals surface area contributed by atoms with Gasteiger partial charge in [-0.3, -0.25) is 4.70 Å². The predicted octanol–water partition coefficient (Wildman–Crippen LogP) is 0.792. The highest BCUT2D eigenvalue weighted by Crippen LogP contribution is 1.21. The van der Waals surface area contributed by atoms with Crippen LogP contribution in [0.5, 0.6) is 0 Å². The second-order valence-electron chi connectivity index (χ2n) is 0.289. The lowest BCUT2D eigenvalue weighted by atomic mass is 10.9. The van der Waals surface area contributed by atoms with Crippen LogP contribution in [-0.2, 0) is 0 Å². The van der Waals surface area contributed by atoms with Crippen LogP contribution in [-0.4, -0.2) is 0 Å². The van der Waals surface area contributed by atoms with E-state index in [0.29, 0.717) is 0 Å². The van der Waals surface area contributed by atoms with Crippen LogP contribution in [0.25, 0.3) is 0 Å². The Hall–Kier alpha value is -0.510. The van der Waals surface area contributed by atoms with Gasteiger partial charge in [0.1, 0.15) is 0 Å². The number of halogens is 1. The SMILES string of the molecule is C#CC.F. The van der Waals surface area contributed by atoms with Crippen LogP contribution >= 0.6 is 0 Å². The molecule has 0 aromatic rings. The molecule has 24 valence electrons. The van der Waals surface area contributed by atoms with Gasteiger partial charge in [0.2, 0.25) is 0 Å². The van der Waals surface area contributed by atoms with Crippen LogP contribution in [0, 0.1) is 12.3 Å². The molecule has 0 N–H and O–H groups in total. The van der Waals surface area contributed by atoms with Gasteiger partial charge >= 0.3 is 0 Å². The summed E-state index contributed by atoms with van der Waals surface area (Å²) in [5, 5.41) is 0. The molecule has 4 heavy (non-hydrogen) atoms. The highest BCUT2D eigenvalue weighted by atomic mass is 19.0. The quantitative estimate of drug-likeness (QED) is 0.362. The van der Waals surface area contributed by atoms with Crippen molar-refractivity contribution in [2.45, 2.75) is 6.92 Å². The van der Waals surface area contributed by atoms with Gasteiger partial charge in [0.05, 0.1) is 0 Å². The summed E-state index contributed by atoms with van der Waals surface area (Å²) in [6, 6.07) is 0. The average Bonchev–Trinajstić information content (AvgIpc) is 0.918. The lowest BCUT2D eigenvalue weighted by Crippen LogP contribution is -1.10. The van der Waals surface area contributed by atoms with Gasteiger partial charge < -0.3 is 0 Å². The molecular weight excluding hydrogens is 55.0 g/mol. The highest BCUT2D eigenvalue weighted by molar-refractivity contribution is 4.73. The topological polar surface area (TPSA) is 0 Å². The van der Waals surface area contributed by atoms with Gasteiger partial charge in [-0.25, -0.2) is 0 Å². The smallest absolute Gasteiger partial charge is 0.00297 e. The summed E-state index contributed by atoms with van der Waals surface area (Å²) in [6.07, 6.45) is 4.60. The molecule has 0 atom stereocenters. The first-order valence-corrected chi connectivity index (χ1v) is 0.789.